The van der Waals surface area contributed by atoms with Gasteiger partial charge in [-0.15, -0.1) is 0 Å². The van der Waals surface area contributed by atoms with Crippen LogP contribution in [0.25, 0.3) is 0 Å². The second-order valence-electron chi connectivity index (χ2n) is 6.03. The average Bonchev–Trinajstić information content (AvgIpc) is 3.31. The highest BCUT2D eigenvalue weighted by Gasteiger charge is 2.33. The van der Waals surface area contributed by atoms with E-state index in [1.165, 1.54) is 6.07 Å². The Morgan fingerprint density at radius 2 is 1.62 bits per heavy atom. The number of hydrogen-bond donors (Lipinski definition) is 0. The molecule has 2 saturated carbocycles. The zero-order valence-corrected chi connectivity index (χ0v) is 13.2. The molecule has 0 spiro atoms. The predicted octanol–water partition coefficient (Wildman–Crippen LogP) is 2.88. The lowest BCUT2D eigenvalue weighted by molar-refractivity contribution is 0.0736. The van der Waals surface area contributed by atoms with Gasteiger partial charge < -0.3 is 4.90 Å². The van der Waals surface area contributed by atoms with Crippen LogP contribution in [0.5, 0.6) is 0 Å². The Bertz CT molecular complexity index is 637. The van der Waals surface area contributed by atoms with Crippen LogP contribution in [-0.2, 0) is 9.05 Å². The molecule has 1 aromatic rings. The zero-order valence-electron chi connectivity index (χ0n) is 11.7. The van der Waals surface area contributed by atoms with Crippen molar-refractivity contribution in [3.05, 3.63) is 29.8 Å². The Kier molecular flexibility index (Phi) is 3.97. The van der Waals surface area contributed by atoms with Gasteiger partial charge in [-0.25, -0.2) is 8.42 Å². The van der Waals surface area contributed by atoms with E-state index in [4.69, 9.17) is 10.7 Å². The molecule has 0 unspecified atom stereocenters. The molecule has 0 aliphatic heterocycles. The fourth-order valence-electron chi connectivity index (χ4n) is 2.49. The summed E-state index contributed by atoms with van der Waals surface area (Å²) in [6, 6.07) is 6.19. The maximum absolute atomic E-state index is 12.7. The van der Waals surface area contributed by atoms with E-state index in [-0.39, 0.29) is 16.4 Å². The predicted molar refractivity (Wildman–Crippen MR) is 80.8 cm³/mol. The topological polar surface area (TPSA) is 54.5 Å². The molecule has 2 aliphatic rings. The van der Waals surface area contributed by atoms with Crippen LogP contribution in [0.3, 0.4) is 0 Å². The van der Waals surface area contributed by atoms with Crippen LogP contribution in [0.15, 0.2) is 29.2 Å². The molecule has 0 aromatic heterocycles. The van der Waals surface area contributed by atoms with Crippen LogP contribution < -0.4 is 0 Å². The molecule has 1 amide bonds. The van der Waals surface area contributed by atoms with Gasteiger partial charge in [-0.05, 0) is 49.7 Å². The van der Waals surface area contributed by atoms with E-state index in [9.17, 15) is 13.2 Å². The lowest BCUT2D eigenvalue weighted by Crippen LogP contribution is -2.35. The second kappa shape index (κ2) is 5.61. The first-order chi connectivity index (χ1) is 9.95. The van der Waals surface area contributed by atoms with Crippen LogP contribution in [0.2, 0.25) is 0 Å². The van der Waals surface area contributed by atoms with Crippen LogP contribution in [0.1, 0.15) is 36.0 Å². The monoisotopic (exact) mass is 327 g/mol. The second-order valence-corrected chi connectivity index (χ2v) is 8.57. The van der Waals surface area contributed by atoms with Gasteiger partial charge in [0.1, 0.15) is 0 Å². The van der Waals surface area contributed by atoms with E-state index >= 15 is 0 Å². The standard InChI is InChI=1S/C15H18ClNO3S/c16-21(19,20)14-4-2-1-3-13(14)15(18)17(9-11-5-6-11)10-12-7-8-12/h1-4,11-12H,5-10H2. The highest BCUT2D eigenvalue weighted by atomic mass is 35.7. The molecule has 0 saturated heterocycles. The van der Waals surface area contributed by atoms with Gasteiger partial charge in [-0.1, -0.05) is 12.1 Å². The molecule has 1 aromatic carbocycles. The first-order valence-electron chi connectivity index (χ1n) is 7.28. The fourth-order valence-corrected chi connectivity index (χ4v) is 3.55. The number of carbonyl (C=O) groups is 1. The number of carbonyl (C=O) groups excluding carboxylic acids is 1. The molecule has 2 aliphatic carbocycles. The molecule has 21 heavy (non-hydrogen) atoms. The van der Waals surface area contributed by atoms with E-state index < -0.39 is 9.05 Å². The van der Waals surface area contributed by atoms with Crippen molar-refractivity contribution >= 4 is 25.6 Å². The van der Waals surface area contributed by atoms with Crippen LogP contribution in [-0.4, -0.2) is 32.3 Å². The van der Waals surface area contributed by atoms with Gasteiger partial charge in [0.15, 0.2) is 0 Å². The fraction of sp³-hybridized carbons (Fsp3) is 0.533. The van der Waals surface area contributed by atoms with Gasteiger partial charge in [-0.3, -0.25) is 4.79 Å². The summed E-state index contributed by atoms with van der Waals surface area (Å²) in [5, 5.41) is 0. The normalized spacial score (nSPS) is 18.5. The van der Waals surface area contributed by atoms with Gasteiger partial charge in [0, 0.05) is 23.8 Å². The molecule has 0 N–H and O–H groups in total. The van der Waals surface area contributed by atoms with Crippen molar-refractivity contribution in [2.24, 2.45) is 11.8 Å². The highest BCUT2D eigenvalue weighted by molar-refractivity contribution is 8.13. The summed E-state index contributed by atoms with van der Waals surface area (Å²) >= 11 is 0. The molecule has 4 nitrogen and oxygen atoms in total. The van der Waals surface area contributed by atoms with Gasteiger partial charge in [0.25, 0.3) is 15.0 Å². The number of amides is 1. The van der Waals surface area contributed by atoms with Gasteiger partial charge in [0.2, 0.25) is 0 Å². The Labute approximate surface area is 129 Å². The third-order valence-electron chi connectivity index (χ3n) is 4.02. The molecular weight excluding hydrogens is 310 g/mol. The summed E-state index contributed by atoms with van der Waals surface area (Å²) in [5.41, 5.74) is 0.189. The summed E-state index contributed by atoms with van der Waals surface area (Å²) in [4.78, 5) is 14.5. The Morgan fingerprint density at radius 3 is 2.10 bits per heavy atom. The molecule has 0 radical (unpaired) electrons. The van der Waals surface area contributed by atoms with E-state index in [2.05, 4.69) is 0 Å². The number of rotatable bonds is 6. The quantitative estimate of drug-likeness (QED) is 0.755. The van der Waals surface area contributed by atoms with Crippen molar-refractivity contribution in [2.45, 2.75) is 30.6 Å². The SMILES string of the molecule is O=C(c1ccccc1S(=O)(=O)Cl)N(CC1CC1)CC1CC1. The summed E-state index contributed by atoms with van der Waals surface area (Å²) < 4.78 is 23.3. The maximum Gasteiger partial charge on any atom is 0.262 e. The van der Waals surface area contributed by atoms with Crippen molar-refractivity contribution < 1.29 is 13.2 Å². The lowest BCUT2D eigenvalue weighted by Gasteiger charge is -2.23. The minimum Gasteiger partial charge on any atom is -0.338 e. The molecule has 114 valence electrons. The number of hydrogen-bond acceptors (Lipinski definition) is 3. The van der Waals surface area contributed by atoms with Crippen molar-refractivity contribution in [1.82, 2.24) is 4.90 Å². The van der Waals surface area contributed by atoms with Crippen molar-refractivity contribution in [3.8, 4) is 0 Å². The summed E-state index contributed by atoms with van der Waals surface area (Å²) in [6.45, 7) is 1.46. The minimum absolute atomic E-state index is 0.0896. The van der Waals surface area contributed by atoms with Crippen LogP contribution >= 0.6 is 10.7 Å². The summed E-state index contributed by atoms with van der Waals surface area (Å²) in [6.07, 6.45) is 4.63. The average molecular weight is 328 g/mol. The summed E-state index contributed by atoms with van der Waals surface area (Å²) in [5.74, 6) is 0.938. The summed E-state index contributed by atoms with van der Waals surface area (Å²) in [7, 11) is 1.54. The van der Waals surface area contributed by atoms with E-state index in [1.54, 1.807) is 18.2 Å². The van der Waals surface area contributed by atoms with E-state index in [0.717, 1.165) is 38.8 Å². The number of halogens is 1. The number of nitrogens with zero attached hydrogens (tertiary/aromatic N) is 1. The molecule has 3 rings (SSSR count). The van der Waals surface area contributed by atoms with Crippen molar-refractivity contribution in [3.63, 3.8) is 0 Å². The first kappa shape index (κ1) is 14.9. The van der Waals surface area contributed by atoms with Crippen LogP contribution in [0.4, 0.5) is 0 Å². The van der Waals surface area contributed by atoms with E-state index in [0.29, 0.717) is 11.8 Å². The highest BCUT2D eigenvalue weighted by Crippen LogP contribution is 2.34. The Morgan fingerprint density at radius 1 is 1.10 bits per heavy atom. The molecule has 0 bridgehead atoms. The molecule has 2 fully saturated rings. The van der Waals surface area contributed by atoms with Crippen LogP contribution in [0, 0.1) is 11.8 Å². The lowest BCUT2D eigenvalue weighted by atomic mass is 10.1. The largest absolute Gasteiger partial charge is 0.338 e. The molecule has 0 heterocycles. The van der Waals surface area contributed by atoms with Gasteiger partial charge >= 0.3 is 0 Å². The first-order valence-corrected chi connectivity index (χ1v) is 9.59. The van der Waals surface area contributed by atoms with Gasteiger partial charge in [0.05, 0.1) is 10.5 Å². The maximum atomic E-state index is 12.7. The third-order valence-corrected chi connectivity index (χ3v) is 5.40. The van der Waals surface area contributed by atoms with Crippen molar-refractivity contribution in [1.29, 1.82) is 0 Å². The third kappa shape index (κ3) is 3.77. The Hall–Kier alpha value is -1.07. The Balaban J connectivity index is 1.87. The van der Waals surface area contributed by atoms with Gasteiger partial charge in [-0.2, -0.15) is 0 Å². The molecule has 0 atom stereocenters. The van der Waals surface area contributed by atoms with Crippen molar-refractivity contribution in [2.75, 3.05) is 13.1 Å². The minimum atomic E-state index is -3.91. The zero-order chi connectivity index (χ0) is 15.0. The smallest absolute Gasteiger partial charge is 0.262 e. The number of benzene rings is 1. The van der Waals surface area contributed by atoms with E-state index in [1.807, 2.05) is 4.90 Å². The molecular formula is C15H18ClNO3S. The molecule has 6 heteroatoms.